The van der Waals surface area contributed by atoms with Crippen molar-refractivity contribution in [2.75, 3.05) is 69.6 Å². The summed E-state index contributed by atoms with van der Waals surface area (Å²) < 4.78 is 35.5. The van der Waals surface area contributed by atoms with E-state index >= 15 is 8.78 Å². The summed E-state index contributed by atoms with van der Waals surface area (Å²) in [4.78, 5) is 80.6. The Morgan fingerprint density at radius 1 is 0.890 bits per heavy atom. The quantitative estimate of drug-likeness (QED) is 0.131. The molecule has 8 heterocycles. The smallest absolute Gasteiger partial charge is 0.257 e. The van der Waals surface area contributed by atoms with Gasteiger partial charge in [-0.15, -0.1) is 0 Å². The summed E-state index contributed by atoms with van der Waals surface area (Å²) in [5.74, 6) is -2.06. The Labute approximate surface area is 423 Å². The molecule has 11 rings (SSSR count). The maximum absolute atomic E-state index is 15.9. The average Bonchev–Trinajstić information content (AvgIpc) is 4.10. The van der Waals surface area contributed by atoms with Crippen LogP contribution in [0.1, 0.15) is 103 Å². The van der Waals surface area contributed by atoms with Crippen LogP contribution in [-0.2, 0) is 28.0 Å². The van der Waals surface area contributed by atoms with Crippen LogP contribution < -0.4 is 21.1 Å². The number of anilines is 2. The molecule has 17 heteroatoms. The lowest BCUT2D eigenvalue weighted by Gasteiger charge is -2.42. The Hall–Kier alpha value is -6.56. The topological polar surface area (TPSA) is 148 Å². The van der Waals surface area contributed by atoms with E-state index in [1.54, 1.807) is 39.9 Å². The highest BCUT2D eigenvalue weighted by Crippen LogP contribution is 2.51. The van der Waals surface area contributed by atoms with Gasteiger partial charge in [-0.3, -0.25) is 53.5 Å². The van der Waals surface area contributed by atoms with Gasteiger partial charge in [0.05, 0.1) is 11.6 Å². The summed E-state index contributed by atoms with van der Waals surface area (Å²) in [5, 5.41) is 6.28. The van der Waals surface area contributed by atoms with Gasteiger partial charge in [-0.1, -0.05) is 18.2 Å². The zero-order valence-corrected chi connectivity index (χ0v) is 42.1. The number of likely N-dealkylation sites (tertiary alicyclic amines) is 1. The maximum atomic E-state index is 15.9. The number of pyridine rings is 2. The first-order chi connectivity index (χ1) is 35.2. The van der Waals surface area contributed by atoms with Gasteiger partial charge in [0.25, 0.3) is 11.5 Å². The van der Waals surface area contributed by atoms with E-state index in [0.717, 1.165) is 103 Å². The number of piperidine rings is 2. The number of hydrogen-bond donors (Lipinski definition) is 2. The second kappa shape index (κ2) is 19.7. The number of fused-ring (bicyclic) bond motifs is 2. The van der Waals surface area contributed by atoms with Crippen LogP contribution in [0.5, 0.6) is 0 Å². The van der Waals surface area contributed by atoms with E-state index < -0.39 is 23.6 Å². The van der Waals surface area contributed by atoms with Crippen LogP contribution in [0.4, 0.5) is 20.2 Å². The predicted molar refractivity (Wildman–Crippen MR) is 275 cm³/mol. The predicted octanol–water partition coefficient (Wildman–Crippen LogP) is 6.60. The summed E-state index contributed by atoms with van der Waals surface area (Å²) in [7, 11) is 3.73. The Bertz CT molecular complexity index is 3100. The monoisotopic (exact) mass is 995 g/mol. The molecular formula is C56H64F2N10O5. The molecule has 1 unspecified atom stereocenters. The number of carbonyl (C=O) groups is 4. The molecular weight excluding hydrogens is 931 g/mol. The molecule has 1 aliphatic carbocycles. The molecule has 6 aliphatic rings. The number of nitrogens with zero attached hydrogens (tertiary/aromatic N) is 8. The lowest BCUT2D eigenvalue weighted by atomic mass is 9.93. The minimum atomic E-state index is -0.727. The normalized spacial score (nSPS) is 23.0. The first kappa shape index (κ1) is 48.7. The van der Waals surface area contributed by atoms with E-state index in [-0.39, 0.29) is 52.8 Å². The molecule has 382 valence electrons. The molecule has 15 nitrogen and oxygen atoms in total. The lowest BCUT2D eigenvalue weighted by molar-refractivity contribution is -0.135. The van der Waals surface area contributed by atoms with E-state index in [0.29, 0.717) is 62.5 Å². The van der Waals surface area contributed by atoms with Crippen molar-refractivity contribution in [2.45, 2.75) is 89.4 Å². The fraction of sp³-hybridized carbons (Fsp3) is 0.464. The molecule has 4 fully saturated rings. The number of aryl methyl sites for hydroxylation is 1. The number of amides is 4. The minimum absolute atomic E-state index is 0.0204. The number of piperazine rings is 1. The fourth-order valence-corrected chi connectivity index (χ4v) is 12.4. The highest BCUT2D eigenvalue weighted by Gasteiger charge is 2.50. The van der Waals surface area contributed by atoms with Gasteiger partial charge in [-0.05, 0) is 117 Å². The maximum Gasteiger partial charge on any atom is 0.257 e. The van der Waals surface area contributed by atoms with Gasteiger partial charge < -0.3 is 14.8 Å². The zero-order chi connectivity index (χ0) is 50.8. The molecule has 3 aromatic heterocycles. The third-order valence-electron chi connectivity index (χ3n) is 16.7. The van der Waals surface area contributed by atoms with Crippen molar-refractivity contribution >= 4 is 51.6 Å². The number of imide groups is 1. The summed E-state index contributed by atoms with van der Waals surface area (Å²) >= 11 is 0. The lowest BCUT2D eigenvalue weighted by Crippen LogP contribution is -2.54. The molecule has 0 radical (unpaired) electrons. The van der Waals surface area contributed by atoms with E-state index in [2.05, 4.69) is 62.4 Å². The van der Waals surface area contributed by atoms with Gasteiger partial charge in [0.2, 0.25) is 17.7 Å². The van der Waals surface area contributed by atoms with Crippen LogP contribution in [0, 0.1) is 23.5 Å². The Morgan fingerprint density at radius 2 is 1.67 bits per heavy atom. The minimum Gasteiger partial charge on any atom is -0.388 e. The van der Waals surface area contributed by atoms with E-state index in [1.807, 2.05) is 35.9 Å². The van der Waals surface area contributed by atoms with Crippen LogP contribution in [0.15, 0.2) is 77.9 Å². The summed E-state index contributed by atoms with van der Waals surface area (Å²) in [5.41, 5.74) is 6.56. The fourth-order valence-electron chi connectivity index (χ4n) is 12.4. The standard InChI is InChI=1S/C56H64F2N10O5/c1-33-30-63(31-36-5-8-46-41(25-36)51(37-6-7-37)56(73)68(46)47-9-10-49(69)61-54(47)71)23-24-66(33)32-35-12-18-65(19-13-35)55(72)39-26-43(57)52(44(58)27-39)38-14-20-64(21-15-38)34(2)48-29-42-45(11-17-60-53(42)62(48)4)67-22-16-40(59-3)28-50(67)70/h5,8,11,14,16-17,22,25-29,33-35,37,47,51,59H,6-7,9-10,12-13,15,18-21,23-24,30-32H2,1-4H3,(H,61,69,71)/t33-,34-,47+,51?/m0/s1. The van der Waals surface area contributed by atoms with Crippen molar-refractivity contribution in [3.8, 4) is 5.69 Å². The van der Waals surface area contributed by atoms with Crippen LogP contribution in [0.2, 0.25) is 0 Å². The second-order valence-electron chi connectivity index (χ2n) is 21.2. The van der Waals surface area contributed by atoms with Crippen molar-refractivity contribution in [1.29, 1.82) is 0 Å². The number of benzene rings is 2. The second-order valence-corrected chi connectivity index (χ2v) is 21.2. The average molecular weight is 995 g/mol. The van der Waals surface area contributed by atoms with Crippen LogP contribution in [-0.4, -0.2) is 129 Å². The Morgan fingerprint density at radius 3 is 2.36 bits per heavy atom. The molecule has 5 aromatic rings. The van der Waals surface area contributed by atoms with Crippen molar-refractivity contribution in [3.63, 3.8) is 0 Å². The summed E-state index contributed by atoms with van der Waals surface area (Å²) in [6.07, 6.45) is 9.97. The Kier molecular flexibility index (Phi) is 13.1. The van der Waals surface area contributed by atoms with E-state index in [1.165, 1.54) is 12.1 Å². The molecule has 3 saturated heterocycles. The van der Waals surface area contributed by atoms with Gasteiger partial charge in [-0.2, -0.15) is 0 Å². The van der Waals surface area contributed by atoms with Crippen molar-refractivity contribution in [2.24, 2.45) is 18.9 Å². The third-order valence-corrected chi connectivity index (χ3v) is 16.7. The van der Waals surface area contributed by atoms with Crippen molar-refractivity contribution in [3.05, 3.63) is 123 Å². The SMILES string of the molecule is CNc1ccn(-c2ccnc3c2cc([C@H](C)N2CC=C(c4c(F)cc(C(=O)N5CCC(CN6CCN(Cc7ccc8c(c7)C(C7CC7)C(=O)N8[C@@H]7CCC(=O)NC7=O)C[C@@H]6C)CC5)cc4F)CC2)n3C)c(=O)c1. The highest BCUT2D eigenvalue weighted by molar-refractivity contribution is 6.12. The highest BCUT2D eigenvalue weighted by atomic mass is 19.1. The molecule has 73 heavy (non-hydrogen) atoms. The number of halogens is 2. The van der Waals surface area contributed by atoms with Gasteiger partial charge >= 0.3 is 0 Å². The van der Waals surface area contributed by atoms with Gasteiger partial charge in [-0.25, -0.2) is 13.8 Å². The number of rotatable bonds is 12. The van der Waals surface area contributed by atoms with Gasteiger partial charge in [0.15, 0.2) is 0 Å². The van der Waals surface area contributed by atoms with Crippen molar-refractivity contribution in [1.82, 2.24) is 39.0 Å². The third kappa shape index (κ3) is 9.28. The summed E-state index contributed by atoms with van der Waals surface area (Å²) in [6.45, 7) is 10.9. The van der Waals surface area contributed by atoms with Gasteiger partial charge in [0, 0.05) is 144 Å². The molecule has 4 atom stereocenters. The molecule has 4 amide bonds. The largest absolute Gasteiger partial charge is 0.388 e. The molecule has 2 N–H and O–H groups in total. The molecule has 2 aromatic carbocycles. The van der Waals surface area contributed by atoms with Crippen molar-refractivity contribution < 1.29 is 28.0 Å². The number of aromatic nitrogens is 3. The molecule has 5 aliphatic heterocycles. The van der Waals surface area contributed by atoms with Gasteiger partial charge in [0.1, 0.15) is 23.3 Å². The number of nitrogens with one attached hydrogen (secondary N) is 2. The molecule has 1 saturated carbocycles. The zero-order valence-electron chi connectivity index (χ0n) is 42.1. The van der Waals surface area contributed by atoms with E-state index in [9.17, 15) is 24.0 Å². The van der Waals surface area contributed by atoms with Crippen LogP contribution in [0.3, 0.4) is 0 Å². The van der Waals surface area contributed by atoms with Crippen LogP contribution in [0.25, 0.3) is 22.3 Å². The number of carbonyl (C=O) groups excluding carboxylic acids is 4. The molecule has 0 spiro atoms. The Balaban J connectivity index is 0.672. The summed E-state index contributed by atoms with van der Waals surface area (Å²) in [6, 6.07) is 15.6. The van der Waals surface area contributed by atoms with Crippen LogP contribution >= 0.6 is 0 Å². The molecule has 0 bridgehead atoms. The number of hydrogen-bond acceptors (Lipinski definition) is 10. The van der Waals surface area contributed by atoms with E-state index in [4.69, 9.17) is 0 Å². The first-order valence-electron chi connectivity index (χ1n) is 26.1. The first-order valence-corrected chi connectivity index (χ1v) is 26.1.